The minimum atomic E-state index is -0.715. The third kappa shape index (κ3) is 5.58. The number of anilines is 2. The first-order valence-electron chi connectivity index (χ1n) is 12.9. The first-order chi connectivity index (χ1) is 19.9. The van der Waals surface area contributed by atoms with Crippen LogP contribution in [0.15, 0.2) is 76.8 Å². The van der Waals surface area contributed by atoms with Crippen LogP contribution in [0, 0.1) is 11.6 Å². The molecular weight excluding hydrogens is 562 g/mol. The summed E-state index contributed by atoms with van der Waals surface area (Å²) in [6.07, 6.45) is 1.65. The highest BCUT2D eigenvalue weighted by atomic mass is 35.5. The molecule has 2 aliphatic heterocycles. The zero-order chi connectivity index (χ0) is 28.5. The third-order valence-electron chi connectivity index (χ3n) is 6.69. The summed E-state index contributed by atoms with van der Waals surface area (Å²) in [6, 6.07) is 15.7. The number of aromatic nitrogens is 2. The van der Waals surface area contributed by atoms with Gasteiger partial charge in [0.25, 0.3) is 0 Å². The lowest BCUT2D eigenvalue weighted by molar-refractivity contribution is -0.144. The minimum absolute atomic E-state index is 0. The highest BCUT2D eigenvalue weighted by Crippen LogP contribution is 2.34. The van der Waals surface area contributed by atoms with Crippen LogP contribution in [-0.4, -0.2) is 46.7 Å². The number of benzene rings is 3. The maximum absolute atomic E-state index is 14.8. The van der Waals surface area contributed by atoms with Gasteiger partial charge in [-0.05, 0) is 55.5 Å². The Kier molecular flexibility index (Phi) is 8.26. The number of aliphatic imine (C=N–C) groups is 2. The molecule has 42 heavy (non-hydrogen) atoms. The molecule has 3 heterocycles. The van der Waals surface area contributed by atoms with E-state index in [2.05, 4.69) is 25.6 Å². The van der Waals surface area contributed by atoms with Crippen LogP contribution in [0.1, 0.15) is 36.6 Å². The van der Waals surface area contributed by atoms with E-state index in [4.69, 9.17) is 21.3 Å². The second-order valence-corrected chi connectivity index (χ2v) is 9.80. The second kappa shape index (κ2) is 12.0. The SMILES string of the molecule is C.CCOC(=O)C1CN=C(c2ccc(Nc3ncc4c(n3)-c3ccc(Cl)cc3C(c3c(F)cccc3F)=NC4)cc2)N1. The average molecular weight is 589 g/mol. The van der Waals surface area contributed by atoms with Crippen molar-refractivity contribution < 1.29 is 18.3 Å². The van der Waals surface area contributed by atoms with Gasteiger partial charge in [-0.15, -0.1) is 0 Å². The second-order valence-electron chi connectivity index (χ2n) is 9.36. The maximum Gasteiger partial charge on any atom is 0.330 e. The molecule has 0 amide bonds. The number of nitrogens with zero attached hydrogens (tertiary/aromatic N) is 4. The fraction of sp³-hybridized carbons (Fsp3) is 0.194. The van der Waals surface area contributed by atoms with Gasteiger partial charge in [-0.2, -0.15) is 0 Å². The van der Waals surface area contributed by atoms with Crippen molar-refractivity contribution in [3.05, 3.63) is 106 Å². The number of carbonyl (C=O) groups excluding carboxylic acids is 1. The van der Waals surface area contributed by atoms with Gasteiger partial charge in [-0.1, -0.05) is 31.2 Å². The number of rotatable bonds is 6. The van der Waals surface area contributed by atoms with Gasteiger partial charge >= 0.3 is 5.97 Å². The zero-order valence-electron chi connectivity index (χ0n) is 21.8. The van der Waals surface area contributed by atoms with Crippen molar-refractivity contribution >= 4 is 40.8 Å². The van der Waals surface area contributed by atoms with E-state index >= 15 is 0 Å². The first kappa shape index (κ1) is 28.8. The van der Waals surface area contributed by atoms with Gasteiger partial charge in [0.1, 0.15) is 23.5 Å². The van der Waals surface area contributed by atoms with Crippen LogP contribution in [0.3, 0.4) is 0 Å². The molecule has 0 fully saturated rings. The summed E-state index contributed by atoms with van der Waals surface area (Å²) in [5, 5.41) is 6.70. The van der Waals surface area contributed by atoms with Crippen LogP contribution in [0.2, 0.25) is 5.02 Å². The van der Waals surface area contributed by atoms with E-state index < -0.39 is 17.7 Å². The van der Waals surface area contributed by atoms with Crippen LogP contribution in [0.5, 0.6) is 0 Å². The number of carbonyl (C=O) groups is 1. The topological polar surface area (TPSA) is 101 Å². The van der Waals surface area contributed by atoms with Gasteiger partial charge in [0.15, 0.2) is 0 Å². The van der Waals surface area contributed by atoms with Crippen molar-refractivity contribution in [1.29, 1.82) is 0 Å². The maximum atomic E-state index is 14.8. The quantitative estimate of drug-likeness (QED) is 0.265. The molecule has 0 aliphatic carbocycles. The average Bonchev–Trinajstić information content (AvgIpc) is 3.41. The highest BCUT2D eigenvalue weighted by Gasteiger charge is 2.27. The van der Waals surface area contributed by atoms with Gasteiger partial charge in [0.2, 0.25) is 5.95 Å². The Bertz CT molecular complexity index is 1710. The molecule has 4 aromatic rings. The van der Waals surface area contributed by atoms with Crippen LogP contribution in [-0.2, 0) is 16.1 Å². The van der Waals surface area contributed by atoms with Crippen molar-refractivity contribution in [2.45, 2.75) is 26.9 Å². The molecule has 0 radical (unpaired) electrons. The largest absolute Gasteiger partial charge is 0.464 e. The molecule has 2 N–H and O–H groups in total. The number of esters is 1. The summed E-state index contributed by atoms with van der Waals surface area (Å²) >= 11 is 6.30. The van der Waals surface area contributed by atoms with E-state index in [0.29, 0.717) is 52.3 Å². The van der Waals surface area contributed by atoms with Crippen molar-refractivity contribution in [3.63, 3.8) is 0 Å². The number of halogens is 3. The van der Waals surface area contributed by atoms with Crippen molar-refractivity contribution in [3.8, 4) is 11.3 Å². The number of hydrogen-bond acceptors (Lipinski definition) is 8. The van der Waals surface area contributed by atoms with E-state index in [1.54, 1.807) is 31.3 Å². The smallest absolute Gasteiger partial charge is 0.330 e. The Morgan fingerprint density at radius 1 is 1.07 bits per heavy atom. The van der Waals surface area contributed by atoms with E-state index in [1.807, 2.05) is 24.3 Å². The predicted molar refractivity (Wildman–Crippen MR) is 160 cm³/mol. The number of ether oxygens (including phenoxy) is 1. The monoisotopic (exact) mass is 588 g/mol. The van der Waals surface area contributed by atoms with E-state index in [-0.39, 0.29) is 31.2 Å². The molecule has 11 heteroatoms. The molecule has 214 valence electrons. The van der Waals surface area contributed by atoms with Gasteiger partial charge in [-0.25, -0.2) is 23.5 Å². The molecule has 0 saturated heterocycles. The third-order valence-corrected chi connectivity index (χ3v) is 6.93. The molecule has 6 rings (SSSR count). The Hall–Kier alpha value is -4.70. The molecule has 2 aliphatic rings. The molecule has 1 atom stereocenters. The summed E-state index contributed by atoms with van der Waals surface area (Å²) in [4.78, 5) is 30.2. The number of fused-ring (bicyclic) bond motifs is 3. The van der Waals surface area contributed by atoms with Crippen LogP contribution >= 0.6 is 11.6 Å². The van der Waals surface area contributed by atoms with Gasteiger partial charge in [0, 0.05) is 39.2 Å². The summed E-state index contributed by atoms with van der Waals surface area (Å²) in [7, 11) is 0. The highest BCUT2D eigenvalue weighted by molar-refractivity contribution is 6.31. The van der Waals surface area contributed by atoms with Crippen molar-refractivity contribution in [2.75, 3.05) is 18.5 Å². The van der Waals surface area contributed by atoms with Crippen molar-refractivity contribution in [1.82, 2.24) is 15.3 Å². The Morgan fingerprint density at radius 2 is 1.83 bits per heavy atom. The molecular formula is C31H27ClF2N6O2. The minimum Gasteiger partial charge on any atom is -0.464 e. The Balaban J connectivity index is 0.00000353. The fourth-order valence-corrected chi connectivity index (χ4v) is 4.92. The lowest BCUT2D eigenvalue weighted by Gasteiger charge is -2.13. The summed E-state index contributed by atoms with van der Waals surface area (Å²) in [5.41, 5.74) is 3.87. The van der Waals surface area contributed by atoms with E-state index in [0.717, 1.165) is 11.3 Å². The van der Waals surface area contributed by atoms with E-state index in [1.165, 1.54) is 18.2 Å². The van der Waals surface area contributed by atoms with Gasteiger partial charge < -0.3 is 15.4 Å². The van der Waals surface area contributed by atoms with Crippen LogP contribution in [0.4, 0.5) is 20.4 Å². The van der Waals surface area contributed by atoms with Crippen LogP contribution in [0.25, 0.3) is 11.3 Å². The van der Waals surface area contributed by atoms with Crippen molar-refractivity contribution in [2.24, 2.45) is 9.98 Å². The Labute approximate surface area is 246 Å². The molecule has 0 saturated carbocycles. The molecule has 1 unspecified atom stereocenters. The molecule has 0 bridgehead atoms. The fourth-order valence-electron chi connectivity index (χ4n) is 4.75. The molecule has 8 nitrogen and oxygen atoms in total. The van der Waals surface area contributed by atoms with Gasteiger partial charge in [-0.3, -0.25) is 9.98 Å². The lowest BCUT2D eigenvalue weighted by atomic mass is 9.95. The van der Waals surface area contributed by atoms with Gasteiger partial charge in [0.05, 0.1) is 36.7 Å². The first-order valence-corrected chi connectivity index (χ1v) is 13.3. The zero-order valence-corrected chi connectivity index (χ0v) is 22.5. The normalized spacial score (nSPS) is 15.2. The lowest BCUT2D eigenvalue weighted by Crippen LogP contribution is -2.38. The van der Waals surface area contributed by atoms with E-state index in [9.17, 15) is 13.6 Å². The predicted octanol–water partition coefficient (Wildman–Crippen LogP) is 6.09. The molecule has 1 aromatic heterocycles. The Morgan fingerprint density at radius 3 is 2.57 bits per heavy atom. The molecule has 3 aromatic carbocycles. The standard InChI is InChI=1S/C30H23ClF2N6O2.CH4/c1-2-41-29(40)24-15-35-28(38-24)16-6-9-19(10-7-16)37-30-36-14-17-13-34-27(25-22(32)4-3-5-23(25)33)21-12-18(31)8-11-20(21)26(17)39-30;/h3-12,14,24H,2,13,15H2,1H3,(H,35,38)(H,36,37,39);1H4. The summed E-state index contributed by atoms with van der Waals surface area (Å²) in [6.45, 7) is 2.52. The summed E-state index contributed by atoms with van der Waals surface area (Å²) < 4.78 is 34.6. The summed E-state index contributed by atoms with van der Waals surface area (Å²) in [5.74, 6) is -0.810. The number of nitrogens with one attached hydrogen (secondary N) is 2. The number of amidine groups is 1. The number of hydrogen-bond donors (Lipinski definition) is 2. The molecule has 0 spiro atoms. The van der Waals surface area contributed by atoms with Crippen LogP contribution < -0.4 is 10.6 Å².